The first-order chi connectivity index (χ1) is 10.3. The van der Waals surface area contributed by atoms with E-state index in [4.69, 9.17) is 0 Å². The summed E-state index contributed by atoms with van der Waals surface area (Å²) in [6.07, 6.45) is 6.73. The molecule has 1 aromatic carbocycles. The van der Waals surface area contributed by atoms with E-state index in [0.29, 0.717) is 12.6 Å². The van der Waals surface area contributed by atoms with Crippen LogP contribution in [0.15, 0.2) is 35.8 Å². The molecular weight excluding hydrogens is 282 g/mol. The lowest BCUT2D eigenvalue weighted by Crippen LogP contribution is -2.34. The second-order valence-corrected chi connectivity index (χ2v) is 6.22. The number of nitrogens with zero attached hydrogens (tertiary/aromatic N) is 1. The molecule has 0 spiro atoms. The van der Waals surface area contributed by atoms with Gasteiger partial charge in [0.2, 0.25) is 5.91 Å². The van der Waals surface area contributed by atoms with Gasteiger partial charge in [0.1, 0.15) is 5.01 Å². The smallest absolute Gasteiger partial charge is 0.238 e. The van der Waals surface area contributed by atoms with Gasteiger partial charge in [0.05, 0.1) is 6.54 Å². The van der Waals surface area contributed by atoms with Gasteiger partial charge >= 0.3 is 0 Å². The predicted molar refractivity (Wildman–Crippen MR) is 86.4 cm³/mol. The number of aromatic nitrogens is 1. The molecule has 2 N–H and O–H groups in total. The lowest BCUT2D eigenvalue weighted by Gasteiger charge is -2.11. The predicted octanol–water partition coefficient (Wildman–Crippen LogP) is 3.28. The highest BCUT2D eigenvalue weighted by Gasteiger charge is 2.15. The summed E-state index contributed by atoms with van der Waals surface area (Å²) in [5, 5.41) is 9.19. The van der Waals surface area contributed by atoms with Gasteiger partial charge in [0.25, 0.3) is 0 Å². The number of nitrogens with one attached hydrogen (secondary N) is 2. The van der Waals surface area contributed by atoms with Crippen molar-refractivity contribution < 1.29 is 4.79 Å². The second-order valence-electron chi connectivity index (χ2n) is 5.33. The van der Waals surface area contributed by atoms with Gasteiger partial charge < -0.3 is 10.6 Å². The Balaban J connectivity index is 1.51. The molecule has 0 saturated heterocycles. The van der Waals surface area contributed by atoms with Crippen LogP contribution in [0, 0.1) is 0 Å². The van der Waals surface area contributed by atoms with E-state index in [1.165, 1.54) is 25.7 Å². The fourth-order valence-electron chi connectivity index (χ4n) is 2.63. The largest absolute Gasteiger partial charge is 0.325 e. The number of anilines is 1. The standard InChI is InChI=1S/C16H19N3OS/c20-15(11-18-13-3-1-2-4-13)19-14-7-5-12(6-8-14)16-17-9-10-21-16/h5-10,13,18H,1-4,11H2,(H,19,20). The summed E-state index contributed by atoms with van der Waals surface area (Å²) >= 11 is 1.61. The Morgan fingerprint density at radius 2 is 2.00 bits per heavy atom. The lowest BCUT2D eigenvalue weighted by molar-refractivity contribution is -0.115. The van der Waals surface area contributed by atoms with Crippen molar-refractivity contribution in [1.29, 1.82) is 0 Å². The summed E-state index contributed by atoms with van der Waals surface area (Å²) in [6.45, 7) is 0.388. The summed E-state index contributed by atoms with van der Waals surface area (Å²) in [7, 11) is 0. The zero-order chi connectivity index (χ0) is 14.5. The number of carbonyl (C=O) groups excluding carboxylic acids is 1. The van der Waals surface area contributed by atoms with Crippen molar-refractivity contribution in [3.63, 3.8) is 0 Å². The van der Waals surface area contributed by atoms with Crippen molar-refractivity contribution in [2.75, 3.05) is 11.9 Å². The maximum atomic E-state index is 11.9. The normalized spacial score (nSPS) is 15.2. The molecule has 5 heteroatoms. The first kappa shape index (κ1) is 14.2. The number of thiazole rings is 1. The van der Waals surface area contributed by atoms with Gasteiger partial charge in [-0.15, -0.1) is 11.3 Å². The van der Waals surface area contributed by atoms with E-state index in [0.717, 1.165) is 16.3 Å². The number of amides is 1. The van der Waals surface area contributed by atoms with Gasteiger partial charge in [-0.25, -0.2) is 4.98 Å². The fraction of sp³-hybridized carbons (Fsp3) is 0.375. The number of benzene rings is 1. The highest BCUT2D eigenvalue weighted by molar-refractivity contribution is 7.13. The minimum absolute atomic E-state index is 0.0175. The van der Waals surface area contributed by atoms with Crippen LogP contribution in [0.2, 0.25) is 0 Å². The Bertz CT molecular complexity index is 574. The van der Waals surface area contributed by atoms with Crippen molar-refractivity contribution in [3.05, 3.63) is 35.8 Å². The van der Waals surface area contributed by atoms with E-state index in [1.807, 2.05) is 29.6 Å². The minimum atomic E-state index is 0.0175. The third-order valence-corrected chi connectivity index (χ3v) is 4.58. The summed E-state index contributed by atoms with van der Waals surface area (Å²) < 4.78 is 0. The molecule has 1 saturated carbocycles. The quantitative estimate of drug-likeness (QED) is 0.891. The molecular formula is C16H19N3OS. The third-order valence-electron chi connectivity index (χ3n) is 3.75. The fourth-order valence-corrected chi connectivity index (χ4v) is 3.28. The van der Waals surface area contributed by atoms with E-state index in [9.17, 15) is 4.79 Å². The molecule has 0 bridgehead atoms. The van der Waals surface area contributed by atoms with Crippen LogP contribution in [0.4, 0.5) is 5.69 Å². The van der Waals surface area contributed by atoms with Gasteiger partial charge in [0, 0.05) is 28.9 Å². The Morgan fingerprint density at radius 3 is 2.67 bits per heavy atom. The summed E-state index contributed by atoms with van der Waals surface area (Å²) in [4.78, 5) is 16.2. The molecule has 0 unspecified atom stereocenters. The van der Waals surface area contributed by atoms with E-state index < -0.39 is 0 Å². The van der Waals surface area contributed by atoms with Crippen LogP contribution in [0.25, 0.3) is 10.6 Å². The monoisotopic (exact) mass is 301 g/mol. The van der Waals surface area contributed by atoms with Crippen molar-refractivity contribution in [1.82, 2.24) is 10.3 Å². The van der Waals surface area contributed by atoms with Gasteiger partial charge in [-0.1, -0.05) is 12.8 Å². The highest BCUT2D eigenvalue weighted by Crippen LogP contribution is 2.23. The Morgan fingerprint density at radius 1 is 1.24 bits per heavy atom. The first-order valence-corrected chi connectivity index (χ1v) is 8.22. The SMILES string of the molecule is O=C(CNC1CCCC1)Nc1ccc(-c2nccs2)cc1. The van der Waals surface area contributed by atoms with E-state index in [2.05, 4.69) is 15.6 Å². The van der Waals surface area contributed by atoms with Crippen LogP contribution in [-0.2, 0) is 4.79 Å². The number of hydrogen-bond acceptors (Lipinski definition) is 4. The van der Waals surface area contributed by atoms with E-state index in [-0.39, 0.29) is 5.91 Å². The molecule has 1 aliphatic carbocycles. The van der Waals surface area contributed by atoms with Crippen LogP contribution < -0.4 is 10.6 Å². The molecule has 21 heavy (non-hydrogen) atoms. The van der Waals surface area contributed by atoms with Crippen LogP contribution in [0.5, 0.6) is 0 Å². The molecule has 1 heterocycles. The molecule has 3 rings (SSSR count). The molecule has 2 aromatic rings. The van der Waals surface area contributed by atoms with Gasteiger partial charge in [-0.05, 0) is 37.1 Å². The van der Waals surface area contributed by atoms with Gasteiger partial charge in [0.15, 0.2) is 0 Å². The lowest BCUT2D eigenvalue weighted by atomic mass is 10.2. The molecule has 1 aromatic heterocycles. The molecule has 1 aliphatic rings. The highest BCUT2D eigenvalue weighted by atomic mass is 32.1. The van der Waals surface area contributed by atoms with Crippen molar-refractivity contribution in [3.8, 4) is 10.6 Å². The molecule has 4 nitrogen and oxygen atoms in total. The molecule has 1 fully saturated rings. The van der Waals surface area contributed by atoms with Crippen molar-refractivity contribution >= 4 is 22.9 Å². The van der Waals surface area contributed by atoms with E-state index in [1.54, 1.807) is 17.5 Å². The summed E-state index contributed by atoms with van der Waals surface area (Å²) in [5.41, 5.74) is 1.90. The second kappa shape index (κ2) is 6.83. The maximum absolute atomic E-state index is 11.9. The molecule has 1 amide bonds. The van der Waals surface area contributed by atoms with Crippen LogP contribution in [0.1, 0.15) is 25.7 Å². The molecule has 110 valence electrons. The Labute approximate surface area is 128 Å². The van der Waals surface area contributed by atoms with Crippen LogP contribution in [-0.4, -0.2) is 23.5 Å². The third kappa shape index (κ3) is 3.89. The van der Waals surface area contributed by atoms with Crippen LogP contribution in [0.3, 0.4) is 0 Å². The Hall–Kier alpha value is -1.72. The average Bonchev–Trinajstić information content (AvgIpc) is 3.19. The topological polar surface area (TPSA) is 54.0 Å². The zero-order valence-electron chi connectivity index (χ0n) is 11.8. The summed E-state index contributed by atoms with van der Waals surface area (Å²) in [6, 6.07) is 8.33. The van der Waals surface area contributed by atoms with Gasteiger partial charge in [-0.3, -0.25) is 4.79 Å². The van der Waals surface area contributed by atoms with Crippen molar-refractivity contribution in [2.24, 2.45) is 0 Å². The zero-order valence-corrected chi connectivity index (χ0v) is 12.7. The maximum Gasteiger partial charge on any atom is 0.238 e. The molecule has 0 aliphatic heterocycles. The number of hydrogen-bond donors (Lipinski definition) is 2. The number of rotatable bonds is 5. The first-order valence-electron chi connectivity index (χ1n) is 7.34. The van der Waals surface area contributed by atoms with Gasteiger partial charge in [-0.2, -0.15) is 0 Å². The van der Waals surface area contributed by atoms with E-state index >= 15 is 0 Å². The molecule has 0 radical (unpaired) electrons. The van der Waals surface area contributed by atoms with Crippen LogP contribution >= 0.6 is 11.3 Å². The Kier molecular flexibility index (Phi) is 4.62. The molecule has 0 atom stereocenters. The average molecular weight is 301 g/mol. The summed E-state index contributed by atoms with van der Waals surface area (Å²) in [5.74, 6) is 0.0175. The number of carbonyl (C=O) groups is 1. The minimum Gasteiger partial charge on any atom is -0.325 e. The van der Waals surface area contributed by atoms with Crippen molar-refractivity contribution in [2.45, 2.75) is 31.7 Å².